The summed E-state index contributed by atoms with van der Waals surface area (Å²) in [5.41, 5.74) is 1.00. The topological polar surface area (TPSA) is 30.5 Å². The molecule has 0 saturated heterocycles. The number of nitrogens with one attached hydrogen (secondary N) is 1. The van der Waals surface area contributed by atoms with E-state index >= 15 is 0 Å². The molecular weight excluding hydrogens is 259 g/mol. The monoisotopic (exact) mass is 277 g/mol. The number of hydrogen-bond acceptors (Lipinski definition) is 3. The average molecular weight is 277 g/mol. The van der Waals surface area contributed by atoms with Gasteiger partial charge in [-0.2, -0.15) is 13.2 Å². The first-order chi connectivity index (χ1) is 8.87. The van der Waals surface area contributed by atoms with E-state index in [2.05, 4.69) is 10.1 Å². The molecule has 0 aliphatic carbocycles. The summed E-state index contributed by atoms with van der Waals surface area (Å²) in [6.07, 6.45) is -4.33. The molecule has 6 heteroatoms. The predicted molar refractivity (Wildman–Crippen MR) is 65.9 cm³/mol. The van der Waals surface area contributed by atoms with Crippen LogP contribution in [-0.2, 0) is 11.3 Å². The Morgan fingerprint density at radius 1 is 1.26 bits per heavy atom. The van der Waals surface area contributed by atoms with Gasteiger partial charge in [0.25, 0.3) is 0 Å². The molecule has 0 atom stereocenters. The second-order valence-corrected chi connectivity index (χ2v) is 4.41. The van der Waals surface area contributed by atoms with E-state index < -0.39 is 19.6 Å². The van der Waals surface area contributed by atoms with E-state index in [0.717, 1.165) is 5.56 Å². The van der Waals surface area contributed by atoms with Crippen LogP contribution >= 0.6 is 0 Å². The molecule has 19 heavy (non-hydrogen) atoms. The number of rotatable bonds is 7. The van der Waals surface area contributed by atoms with E-state index in [1.54, 1.807) is 18.2 Å². The second kappa shape index (κ2) is 7.35. The molecule has 3 nitrogen and oxygen atoms in total. The zero-order valence-corrected chi connectivity index (χ0v) is 11.0. The summed E-state index contributed by atoms with van der Waals surface area (Å²) < 4.78 is 45.0. The fourth-order valence-electron chi connectivity index (χ4n) is 1.33. The van der Waals surface area contributed by atoms with Gasteiger partial charge in [0.1, 0.15) is 12.4 Å². The normalized spacial score (nSPS) is 11.9. The molecule has 0 heterocycles. The summed E-state index contributed by atoms with van der Waals surface area (Å²) in [4.78, 5) is 0. The number of benzene rings is 1. The maximum atomic E-state index is 11.8. The molecule has 0 aromatic heterocycles. The first kappa shape index (κ1) is 15.8. The second-order valence-electron chi connectivity index (χ2n) is 4.41. The van der Waals surface area contributed by atoms with Crippen molar-refractivity contribution in [3.63, 3.8) is 0 Å². The smallest absolute Gasteiger partial charge is 0.411 e. The van der Waals surface area contributed by atoms with Crippen LogP contribution < -0.4 is 10.1 Å². The molecule has 0 aliphatic rings. The summed E-state index contributed by atoms with van der Waals surface area (Å²) in [5.74, 6) is 0.491. The van der Waals surface area contributed by atoms with Crippen LogP contribution in [0, 0.1) is 0 Å². The third-order valence-electron chi connectivity index (χ3n) is 2.19. The average Bonchev–Trinajstić information content (AvgIpc) is 2.32. The highest BCUT2D eigenvalue weighted by Gasteiger charge is 2.27. The van der Waals surface area contributed by atoms with Gasteiger partial charge in [0.2, 0.25) is 0 Å². The Morgan fingerprint density at radius 2 is 2.00 bits per heavy atom. The van der Waals surface area contributed by atoms with Crippen molar-refractivity contribution in [1.82, 2.24) is 5.32 Å². The van der Waals surface area contributed by atoms with Crippen molar-refractivity contribution in [1.29, 1.82) is 0 Å². The maximum absolute atomic E-state index is 11.8. The molecule has 0 unspecified atom stereocenters. The minimum atomic E-state index is -4.33. The fraction of sp³-hybridized carbons (Fsp3) is 0.538. The zero-order valence-electron chi connectivity index (χ0n) is 11.0. The Morgan fingerprint density at radius 3 is 2.63 bits per heavy atom. The van der Waals surface area contributed by atoms with Crippen LogP contribution in [0.2, 0.25) is 0 Å². The maximum Gasteiger partial charge on any atom is 0.411 e. The summed E-state index contributed by atoms with van der Waals surface area (Å²) in [5, 5.41) is 3.24. The fourth-order valence-corrected chi connectivity index (χ4v) is 1.33. The molecule has 0 saturated carbocycles. The van der Waals surface area contributed by atoms with Gasteiger partial charge in [-0.05, 0) is 17.7 Å². The lowest BCUT2D eigenvalue weighted by Crippen LogP contribution is -2.21. The van der Waals surface area contributed by atoms with E-state index in [4.69, 9.17) is 4.74 Å². The van der Waals surface area contributed by atoms with Crippen LogP contribution in [0.15, 0.2) is 24.3 Å². The number of ether oxygens (including phenoxy) is 2. The van der Waals surface area contributed by atoms with E-state index in [1.807, 2.05) is 19.9 Å². The largest absolute Gasteiger partial charge is 0.468 e. The van der Waals surface area contributed by atoms with Crippen molar-refractivity contribution in [3.05, 3.63) is 29.8 Å². The molecule has 1 N–H and O–H groups in total. The van der Waals surface area contributed by atoms with Crippen LogP contribution in [0.25, 0.3) is 0 Å². The van der Waals surface area contributed by atoms with E-state index in [9.17, 15) is 13.2 Å². The lowest BCUT2D eigenvalue weighted by atomic mass is 10.2. The Kier molecular flexibility index (Phi) is 6.11. The SMILES string of the molecule is CC(C)NCc1cccc(OCOCC(F)(F)F)c1. The quantitative estimate of drug-likeness (QED) is 0.613. The summed E-state index contributed by atoms with van der Waals surface area (Å²) >= 11 is 0. The lowest BCUT2D eigenvalue weighted by Gasteiger charge is -2.11. The molecule has 1 rings (SSSR count). The van der Waals surface area contributed by atoms with Crippen molar-refractivity contribution in [2.75, 3.05) is 13.4 Å². The van der Waals surface area contributed by atoms with Gasteiger partial charge in [-0.3, -0.25) is 0 Å². The van der Waals surface area contributed by atoms with Gasteiger partial charge in [-0.1, -0.05) is 26.0 Å². The Hall–Kier alpha value is -1.27. The van der Waals surface area contributed by atoms with Crippen LogP contribution in [0.5, 0.6) is 5.75 Å². The van der Waals surface area contributed by atoms with E-state index in [1.165, 1.54) is 0 Å². The molecule has 0 bridgehead atoms. The van der Waals surface area contributed by atoms with Crippen molar-refractivity contribution in [2.45, 2.75) is 32.6 Å². The lowest BCUT2D eigenvalue weighted by molar-refractivity contribution is -0.186. The Labute approximate surface area is 110 Å². The predicted octanol–water partition coefficient (Wildman–Crippen LogP) is 3.10. The molecular formula is C13H18F3NO2. The molecule has 1 aromatic rings. The molecule has 0 aliphatic heterocycles. The zero-order chi connectivity index (χ0) is 14.3. The summed E-state index contributed by atoms with van der Waals surface area (Å²) in [6, 6.07) is 7.51. The first-order valence-corrected chi connectivity index (χ1v) is 5.96. The molecule has 0 spiro atoms. The summed E-state index contributed by atoms with van der Waals surface area (Å²) in [7, 11) is 0. The molecule has 0 radical (unpaired) electrons. The Bertz CT molecular complexity index is 380. The highest BCUT2D eigenvalue weighted by Crippen LogP contribution is 2.16. The van der Waals surface area contributed by atoms with E-state index in [-0.39, 0.29) is 0 Å². The number of halogens is 3. The highest BCUT2D eigenvalue weighted by atomic mass is 19.4. The van der Waals surface area contributed by atoms with Crippen LogP contribution in [0.1, 0.15) is 19.4 Å². The number of alkyl halides is 3. The van der Waals surface area contributed by atoms with Crippen LogP contribution in [0.3, 0.4) is 0 Å². The number of hydrogen-bond donors (Lipinski definition) is 1. The minimum absolute atomic E-state index is 0.361. The van der Waals surface area contributed by atoms with E-state index in [0.29, 0.717) is 18.3 Å². The van der Waals surface area contributed by atoms with Gasteiger partial charge in [-0.15, -0.1) is 0 Å². The van der Waals surface area contributed by atoms with Crippen LogP contribution in [0.4, 0.5) is 13.2 Å². The standard InChI is InChI=1S/C13H18F3NO2/c1-10(2)17-7-11-4-3-5-12(6-11)19-9-18-8-13(14,15)16/h3-6,10,17H,7-9H2,1-2H3. The van der Waals surface area contributed by atoms with Gasteiger partial charge in [0, 0.05) is 12.6 Å². The van der Waals surface area contributed by atoms with Gasteiger partial charge < -0.3 is 14.8 Å². The first-order valence-electron chi connectivity index (χ1n) is 5.96. The highest BCUT2D eigenvalue weighted by molar-refractivity contribution is 5.28. The Balaban J connectivity index is 2.35. The van der Waals surface area contributed by atoms with Gasteiger partial charge >= 0.3 is 6.18 Å². The van der Waals surface area contributed by atoms with Gasteiger partial charge in [-0.25, -0.2) is 0 Å². The van der Waals surface area contributed by atoms with Crippen LogP contribution in [-0.4, -0.2) is 25.6 Å². The third kappa shape index (κ3) is 7.69. The van der Waals surface area contributed by atoms with Crippen molar-refractivity contribution in [3.8, 4) is 5.75 Å². The molecule has 0 amide bonds. The minimum Gasteiger partial charge on any atom is -0.468 e. The van der Waals surface area contributed by atoms with Crippen molar-refractivity contribution in [2.24, 2.45) is 0 Å². The van der Waals surface area contributed by atoms with Gasteiger partial charge in [0.15, 0.2) is 6.79 Å². The van der Waals surface area contributed by atoms with Crippen molar-refractivity contribution >= 4 is 0 Å². The van der Waals surface area contributed by atoms with Gasteiger partial charge in [0.05, 0.1) is 0 Å². The molecule has 1 aromatic carbocycles. The van der Waals surface area contributed by atoms with Crippen molar-refractivity contribution < 1.29 is 22.6 Å². The molecule has 0 fully saturated rings. The molecule has 108 valence electrons. The summed E-state index contributed by atoms with van der Waals surface area (Å²) in [6.45, 7) is 3.02. The third-order valence-corrected chi connectivity index (χ3v) is 2.19.